The van der Waals surface area contributed by atoms with E-state index >= 15 is 0 Å². The zero-order valence-electron chi connectivity index (χ0n) is 12.3. The van der Waals surface area contributed by atoms with Crippen LogP contribution in [0, 0.1) is 25.2 Å². The Bertz CT molecular complexity index is 507. The van der Waals surface area contributed by atoms with E-state index in [9.17, 15) is 5.26 Å². The Hall–Kier alpha value is -1.67. The highest BCUT2D eigenvalue weighted by Gasteiger charge is 2.29. The summed E-state index contributed by atoms with van der Waals surface area (Å²) in [5, 5.41) is 17.8. The number of piperazine rings is 1. The number of nitriles is 1. The van der Waals surface area contributed by atoms with E-state index < -0.39 is 0 Å². The van der Waals surface area contributed by atoms with E-state index in [2.05, 4.69) is 47.0 Å². The Morgan fingerprint density at radius 1 is 1.16 bits per heavy atom. The lowest BCUT2D eigenvalue weighted by Gasteiger charge is -2.43. The molecule has 19 heavy (non-hydrogen) atoms. The van der Waals surface area contributed by atoms with Gasteiger partial charge >= 0.3 is 0 Å². The second-order valence-electron chi connectivity index (χ2n) is 5.49. The zero-order chi connectivity index (χ0) is 14.2. The summed E-state index contributed by atoms with van der Waals surface area (Å²) in [6.45, 7) is 9.99. The van der Waals surface area contributed by atoms with Gasteiger partial charge in [-0.15, -0.1) is 5.10 Å². The molecule has 0 aliphatic carbocycles. The van der Waals surface area contributed by atoms with Gasteiger partial charge in [0, 0.05) is 25.2 Å². The molecular weight excluding hydrogens is 238 g/mol. The van der Waals surface area contributed by atoms with Crippen molar-refractivity contribution >= 4 is 5.82 Å². The van der Waals surface area contributed by atoms with Crippen LogP contribution in [0.1, 0.15) is 30.7 Å². The molecule has 0 spiro atoms. The Labute approximate surface area is 114 Å². The molecule has 2 atom stereocenters. The zero-order valence-corrected chi connectivity index (χ0v) is 12.3. The Kier molecular flexibility index (Phi) is 3.72. The fourth-order valence-corrected chi connectivity index (χ4v) is 2.53. The number of aromatic nitrogens is 2. The smallest absolute Gasteiger partial charge is 0.169 e. The van der Waals surface area contributed by atoms with E-state index in [1.54, 1.807) is 0 Å². The number of hydrogen-bond donors (Lipinski definition) is 0. The minimum absolute atomic E-state index is 0.443. The van der Waals surface area contributed by atoms with Crippen LogP contribution < -0.4 is 4.90 Å². The number of aryl methyl sites for hydroxylation is 1. The molecule has 0 amide bonds. The molecule has 5 heteroatoms. The summed E-state index contributed by atoms with van der Waals surface area (Å²) in [4.78, 5) is 4.55. The quantitative estimate of drug-likeness (QED) is 0.765. The topological polar surface area (TPSA) is 56.1 Å². The van der Waals surface area contributed by atoms with Crippen LogP contribution in [0.3, 0.4) is 0 Å². The summed E-state index contributed by atoms with van der Waals surface area (Å²) in [6.07, 6.45) is 0. The highest BCUT2D eigenvalue weighted by atomic mass is 15.3. The third-order valence-electron chi connectivity index (χ3n) is 4.21. The molecule has 0 N–H and O–H groups in total. The summed E-state index contributed by atoms with van der Waals surface area (Å²) in [6, 6.07) is 3.17. The van der Waals surface area contributed by atoms with Crippen LogP contribution in [0.5, 0.6) is 0 Å². The van der Waals surface area contributed by atoms with Gasteiger partial charge < -0.3 is 4.90 Å². The van der Waals surface area contributed by atoms with E-state index in [0.717, 1.165) is 30.2 Å². The van der Waals surface area contributed by atoms with Crippen molar-refractivity contribution < 1.29 is 0 Å². The molecule has 2 heterocycles. The summed E-state index contributed by atoms with van der Waals surface area (Å²) in [5.41, 5.74) is 2.43. The molecule has 0 bridgehead atoms. The summed E-state index contributed by atoms with van der Waals surface area (Å²) < 4.78 is 0. The standard InChI is InChI=1S/C14H21N5/c1-9-7-19(8-10(2)18(9)5)14-13(6-15)11(3)12(4)16-17-14/h9-10H,7-8H2,1-5H3. The van der Waals surface area contributed by atoms with Crippen molar-refractivity contribution in [1.82, 2.24) is 15.1 Å². The first kappa shape index (κ1) is 13.8. The van der Waals surface area contributed by atoms with Crippen molar-refractivity contribution in [2.24, 2.45) is 0 Å². The predicted octanol–water partition coefficient (Wildman–Crippen LogP) is 1.49. The van der Waals surface area contributed by atoms with Gasteiger partial charge in [0.15, 0.2) is 5.82 Å². The van der Waals surface area contributed by atoms with Gasteiger partial charge in [-0.3, -0.25) is 4.90 Å². The number of anilines is 1. The van der Waals surface area contributed by atoms with Gasteiger partial charge in [-0.1, -0.05) is 0 Å². The lowest BCUT2D eigenvalue weighted by Crippen LogP contribution is -2.55. The van der Waals surface area contributed by atoms with Gasteiger partial charge in [0.1, 0.15) is 11.6 Å². The predicted molar refractivity (Wildman–Crippen MR) is 75.1 cm³/mol. The monoisotopic (exact) mass is 259 g/mol. The SMILES string of the molecule is Cc1nnc(N2CC(C)N(C)C(C)C2)c(C#N)c1C. The summed E-state index contributed by atoms with van der Waals surface area (Å²) in [7, 11) is 2.14. The van der Waals surface area contributed by atoms with Crippen LogP contribution >= 0.6 is 0 Å². The number of likely N-dealkylation sites (N-methyl/N-ethyl adjacent to an activating group) is 1. The van der Waals surface area contributed by atoms with Crippen LogP contribution in [0.4, 0.5) is 5.82 Å². The molecule has 0 aromatic carbocycles. The average Bonchev–Trinajstić information content (AvgIpc) is 2.38. The van der Waals surface area contributed by atoms with Crippen molar-refractivity contribution in [2.75, 3.05) is 25.0 Å². The van der Waals surface area contributed by atoms with Crippen molar-refractivity contribution in [2.45, 2.75) is 39.8 Å². The molecule has 0 radical (unpaired) electrons. The van der Waals surface area contributed by atoms with Crippen LogP contribution in [0.2, 0.25) is 0 Å². The Balaban J connectivity index is 2.38. The second kappa shape index (κ2) is 5.14. The average molecular weight is 259 g/mol. The lowest BCUT2D eigenvalue weighted by atomic mass is 10.1. The van der Waals surface area contributed by atoms with Crippen molar-refractivity contribution in [3.8, 4) is 6.07 Å². The molecule has 1 aliphatic heterocycles. The van der Waals surface area contributed by atoms with Gasteiger partial charge in [0.2, 0.25) is 0 Å². The van der Waals surface area contributed by atoms with Gasteiger partial charge in [-0.2, -0.15) is 10.4 Å². The molecule has 2 rings (SSSR count). The third-order valence-corrected chi connectivity index (χ3v) is 4.21. The molecule has 1 aromatic rings. The maximum absolute atomic E-state index is 9.38. The summed E-state index contributed by atoms with van der Waals surface area (Å²) >= 11 is 0. The fourth-order valence-electron chi connectivity index (χ4n) is 2.53. The first-order chi connectivity index (χ1) is 8.95. The van der Waals surface area contributed by atoms with Crippen LogP contribution in [-0.2, 0) is 0 Å². The molecule has 1 fully saturated rings. The first-order valence-electron chi connectivity index (χ1n) is 6.66. The number of nitrogens with zero attached hydrogens (tertiary/aromatic N) is 5. The van der Waals surface area contributed by atoms with Gasteiger partial charge in [-0.25, -0.2) is 0 Å². The highest BCUT2D eigenvalue weighted by Crippen LogP contribution is 2.25. The number of rotatable bonds is 1. The van der Waals surface area contributed by atoms with Crippen molar-refractivity contribution in [1.29, 1.82) is 5.26 Å². The van der Waals surface area contributed by atoms with Gasteiger partial charge in [0.05, 0.1) is 5.69 Å². The van der Waals surface area contributed by atoms with Crippen LogP contribution in [0.15, 0.2) is 0 Å². The molecule has 1 aliphatic rings. The van der Waals surface area contributed by atoms with Crippen molar-refractivity contribution in [3.63, 3.8) is 0 Å². The van der Waals surface area contributed by atoms with Gasteiger partial charge in [-0.05, 0) is 40.3 Å². The first-order valence-corrected chi connectivity index (χ1v) is 6.66. The van der Waals surface area contributed by atoms with Gasteiger partial charge in [0.25, 0.3) is 0 Å². The molecule has 2 unspecified atom stereocenters. The molecule has 1 saturated heterocycles. The largest absolute Gasteiger partial charge is 0.351 e. The minimum atomic E-state index is 0.443. The van der Waals surface area contributed by atoms with E-state index in [0.29, 0.717) is 17.6 Å². The van der Waals surface area contributed by atoms with Crippen LogP contribution in [-0.4, -0.2) is 47.3 Å². The lowest BCUT2D eigenvalue weighted by molar-refractivity contribution is 0.169. The molecular formula is C14H21N5. The van der Waals surface area contributed by atoms with E-state index in [1.165, 1.54) is 0 Å². The maximum Gasteiger partial charge on any atom is 0.169 e. The number of hydrogen-bond acceptors (Lipinski definition) is 5. The Morgan fingerprint density at radius 2 is 1.74 bits per heavy atom. The van der Waals surface area contributed by atoms with Crippen LogP contribution in [0.25, 0.3) is 0 Å². The maximum atomic E-state index is 9.38. The minimum Gasteiger partial charge on any atom is -0.351 e. The molecule has 102 valence electrons. The highest BCUT2D eigenvalue weighted by molar-refractivity contribution is 5.58. The van der Waals surface area contributed by atoms with Crippen molar-refractivity contribution in [3.05, 3.63) is 16.8 Å². The molecule has 1 aromatic heterocycles. The third kappa shape index (κ3) is 2.41. The molecule has 0 saturated carbocycles. The fraction of sp³-hybridized carbons (Fsp3) is 0.643. The Morgan fingerprint density at radius 3 is 2.26 bits per heavy atom. The van der Waals surface area contributed by atoms with E-state index in [1.807, 2.05) is 13.8 Å². The summed E-state index contributed by atoms with van der Waals surface area (Å²) in [5.74, 6) is 0.734. The van der Waals surface area contributed by atoms with E-state index in [-0.39, 0.29) is 0 Å². The normalized spacial score (nSPS) is 24.3. The van der Waals surface area contributed by atoms with E-state index in [4.69, 9.17) is 0 Å². The molecule has 5 nitrogen and oxygen atoms in total. The second-order valence-corrected chi connectivity index (χ2v) is 5.49.